The topological polar surface area (TPSA) is 29.5 Å². The van der Waals surface area contributed by atoms with Crippen molar-refractivity contribution in [3.63, 3.8) is 0 Å². The Bertz CT molecular complexity index is 476. The summed E-state index contributed by atoms with van der Waals surface area (Å²) >= 11 is 6.04. The highest BCUT2D eigenvalue weighted by Gasteiger charge is 2.19. The fraction of sp³-hybridized carbons (Fsp3) is 0.562. The van der Waals surface area contributed by atoms with Crippen LogP contribution in [0.5, 0.6) is 5.75 Å². The molecule has 1 atom stereocenters. The van der Waals surface area contributed by atoms with Crippen LogP contribution in [0.2, 0.25) is 5.02 Å². The maximum absolute atomic E-state index is 12.2. The molecular formula is C16H22ClNO2. The van der Waals surface area contributed by atoms with Crippen molar-refractivity contribution in [3.8, 4) is 5.75 Å². The molecule has 0 spiro atoms. The Labute approximate surface area is 125 Å². The van der Waals surface area contributed by atoms with Gasteiger partial charge in [0.15, 0.2) is 6.61 Å². The third-order valence-corrected chi connectivity index (χ3v) is 4.35. The highest BCUT2D eigenvalue weighted by molar-refractivity contribution is 6.31. The van der Waals surface area contributed by atoms with Crippen molar-refractivity contribution in [3.05, 3.63) is 28.8 Å². The van der Waals surface area contributed by atoms with Gasteiger partial charge in [-0.3, -0.25) is 4.79 Å². The molecule has 3 nitrogen and oxygen atoms in total. The molecule has 20 heavy (non-hydrogen) atoms. The van der Waals surface area contributed by atoms with Gasteiger partial charge in [0.1, 0.15) is 5.75 Å². The van der Waals surface area contributed by atoms with Crippen molar-refractivity contribution < 1.29 is 9.53 Å². The van der Waals surface area contributed by atoms with Crippen molar-refractivity contribution in [1.29, 1.82) is 0 Å². The first kappa shape index (κ1) is 15.2. The number of carbonyl (C=O) groups is 1. The second kappa shape index (κ2) is 6.98. The maximum Gasteiger partial charge on any atom is 0.260 e. The molecule has 2 rings (SSSR count). The van der Waals surface area contributed by atoms with Crippen molar-refractivity contribution >= 4 is 17.5 Å². The number of amides is 1. The summed E-state index contributed by atoms with van der Waals surface area (Å²) in [6.45, 7) is 5.93. The first-order valence-corrected chi connectivity index (χ1v) is 7.61. The fourth-order valence-corrected chi connectivity index (χ4v) is 2.65. The minimum absolute atomic E-state index is 0.0680. The number of likely N-dealkylation sites (tertiary alicyclic amines) is 1. The van der Waals surface area contributed by atoms with Crippen LogP contribution in [0.3, 0.4) is 0 Å². The zero-order valence-electron chi connectivity index (χ0n) is 12.2. The highest BCUT2D eigenvalue weighted by atomic mass is 35.5. The average molecular weight is 296 g/mol. The molecule has 1 amide bonds. The van der Waals surface area contributed by atoms with Crippen LogP contribution in [-0.2, 0) is 4.79 Å². The molecule has 1 heterocycles. The summed E-state index contributed by atoms with van der Waals surface area (Å²) in [5.74, 6) is 1.47. The third-order valence-electron chi connectivity index (χ3n) is 3.94. The van der Waals surface area contributed by atoms with Gasteiger partial charge in [-0.1, -0.05) is 24.6 Å². The van der Waals surface area contributed by atoms with Gasteiger partial charge in [0.05, 0.1) is 0 Å². The van der Waals surface area contributed by atoms with E-state index in [1.165, 1.54) is 6.42 Å². The second-order valence-electron chi connectivity index (χ2n) is 5.57. The fourth-order valence-electron chi connectivity index (χ4n) is 2.49. The van der Waals surface area contributed by atoms with Crippen LogP contribution < -0.4 is 4.74 Å². The third kappa shape index (κ3) is 3.89. The van der Waals surface area contributed by atoms with E-state index < -0.39 is 0 Å². The Morgan fingerprint density at radius 3 is 3.00 bits per heavy atom. The van der Waals surface area contributed by atoms with Gasteiger partial charge in [-0.25, -0.2) is 0 Å². The van der Waals surface area contributed by atoms with Gasteiger partial charge in [0, 0.05) is 23.7 Å². The Balaban J connectivity index is 1.90. The number of hydrogen-bond donors (Lipinski definition) is 0. The Morgan fingerprint density at radius 2 is 2.20 bits per heavy atom. The van der Waals surface area contributed by atoms with Gasteiger partial charge >= 0.3 is 0 Å². The average Bonchev–Trinajstić information content (AvgIpc) is 2.65. The summed E-state index contributed by atoms with van der Waals surface area (Å²) in [6.07, 6.45) is 3.38. The quantitative estimate of drug-likeness (QED) is 0.851. The van der Waals surface area contributed by atoms with Gasteiger partial charge in [-0.05, 0) is 44.2 Å². The van der Waals surface area contributed by atoms with E-state index in [-0.39, 0.29) is 12.5 Å². The molecule has 0 radical (unpaired) electrons. The second-order valence-corrected chi connectivity index (χ2v) is 5.98. The monoisotopic (exact) mass is 295 g/mol. The lowest BCUT2D eigenvalue weighted by Crippen LogP contribution is -2.35. The van der Waals surface area contributed by atoms with Crippen molar-refractivity contribution in [1.82, 2.24) is 4.90 Å². The molecule has 1 aromatic carbocycles. The van der Waals surface area contributed by atoms with E-state index in [2.05, 4.69) is 6.92 Å². The number of halogens is 1. The highest BCUT2D eigenvalue weighted by Crippen LogP contribution is 2.25. The first-order valence-electron chi connectivity index (χ1n) is 7.23. The van der Waals surface area contributed by atoms with Gasteiger partial charge in [0.25, 0.3) is 5.91 Å². The lowest BCUT2D eigenvalue weighted by molar-refractivity contribution is -0.133. The normalized spacial score (nSPS) is 19.6. The lowest BCUT2D eigenvalue weighted by Gasteiger charge is -2.21. The SMILES string of the molecule is Cc1c(Cl)cccc1OCC(=O)N1CCCC(C)CC1. The molecule has 1 unspecified atom stereocenters. The standard InChI is InChI=1S/C16H22ClNO2/c1-12-5-4-9-18(10-8-12)16(19)11-20-15-7-3-6-14(17)13(15)2/h3,6-7,12H,4-5,8-11H2,1-2H3. The number of benzene rings is 1. The smallest absolute Gasteiger partial charge is 0.260 e. The van der Waals surface area contributed by atoms with E-state index in [0.717, 1.165) is 31.5 Å². The predicted octanol–water partition coefficient (Wildman–Crippen LogP) is 3.68. The summed E-state index contributed by atoms with van der Waals surface area (Å²) < 4.78 is 5.62. The molecular weight excluding hydrogens is 274 g/mol. The number of carbonyl (C=O) groups excluding carboxylic acids is 1. The molecule has 1 saturated heterocycles. The Kier molecular flexibility index (Phi) is 5.30. The summed E-state index contributed by atoms with van der Waals surface area (Å²) in [4.78, 5) is 14.1. The van der Waals surface area contributed by atoms with Crippen LogP contribution in [-0.4, -0.2) is 30.5 Å². The molecule has 0 saturated carbocycles. The predicted molar refractivity (Wildman–Crippen MR) is 81.3 cm³/mol. The molecule has 1 aromatic rings. The molecule has 4 heteroatoms. The van der Waals surface area contributed by atoms with E-state index >= 15 is 0 Å². The molecule has 1 fully saturated rings. The summed E-state index contributed by atoms with van der Waals surface area (Å²) in [7, 11) is 0. The molecule has 1 aliphatic heterocycles. The molecule has 0 bridgehead atoms. The minimum Gasteiger partial charge on any atom is -0.483 e. The van der Waals surface area contributed by atoms with Gasteiger partial charge < -0.3 is 9.64 Å². The Hall–Kier alpha value is -1.22. The number of nitrogens with zero attached hydrogens (tertiary/aromatic N) is 1. The van der Waals surface area contributed by atoms with E-state index in [0.29, 0.717) is 16.7 Å². The minimum atomic E-state index is 0.0680. The molecule has 110 valence electrons. The lowest BCUT2D eigenvalue weighted by atomic mass is 10.0. The van der Waals surface area contributed by atoms with E-state index in [1.54, 1.807) is 0 Å². The number of rotatable bonds is 3. The van der Waals surface area contributed by atoms with Crippen LogP contribution in [0.1, 0.15) is 31.7 Å². The largest absolute Gasteiger partial charge is 0.483 e. The van der Waals surface area contributed by atoms with E-state index in [4.69, 9.17) is 16.3 Å². The Morgan fingerprint density at radius 1 is 1.40 bits per heavy atom. The van der Waals surface area contributed by atoms with Crippen LogP contribution in [0.15, 0.2) is 18.2 Å². The number of hydrogen-bond acceptors (Lipinski definition) is 2. The van der Waals surface area contributed by atoms with E-state index in [9.17, 15) is 4.79 Å². The van der Waals surface area contributed by atoms with Crippen LogP contribution in [0.4, 0.5) is 0 Å². The van der Waals surface area contributed by atoms with Crippen molar-refractivity contribution in [2.24, 2.45) is 5.92 Å². The summed E-state index contributed by atoms with van der Waals surface area (Å²) in [6, 6.07) is 5.50. The number of ether oxygens (including phenoxy) is 1. The van der Waals surface area contributed by atoms with Gasteiger partial charge in [0.2, 0.25) is 0 Å². The first-order chi connectivity index (χ1) is 9.58. The molecule has 1 aliphatic rings. The molecule has 0 N–H and O–H groups in total. The zero-order valence-corrected chi connectivity index (χ0v) is 12.9. The zero-order chi connectivity index (χ0) is 14.5. The van der Waals surface area contributed by atoms with E-state index in [1.807, 2.05) is 30.0 Å². The van der Waals surface area contributed by atoms with Gasteiger partial charge in [-0.15, -0.1) is 0 Å². The van der Waals surface area contributed by atoms with Crippen molar-refractivity contribution in [2.45, 2.75) is 33.1 Å². The van der Waals surface area contributed by atoms with Crippen LogP contribution >= 0.6 is 11.6 Å². The molecule has 0 aliphatic carbocycles. The molecule has 0 aromatic heterocycles. The van der Waals surface area contributed by atoms with Crippen LogP contribution in [0.25, 0.3) is 0 Å². The summed E-state index contributed by atoms with van der Waals surface area (Å²) in [5.41, 5.74) is 0.881. The van der Waals surface area contributed by atoms with Crippen molar-refractivity contribution in [2.75, 3.05) is 19.7 Å². The maximum atomic E-state index is 12.2. The summed E-state index contributed by atoms with van der Waals surface area (Å²) in [5, 5.41) is 0.665. The van der Waals surface area contributed by atoms with Gasteiger partial charge in [-0.2, -0.15) is 0 Å². The van der Waals surface area contributed by atoms with Crippen LogP contribution in [0, 0.1) is 12.8 Å².